The Kier molecular flexibility index (Phi) is 3.52. The molecule has 2 aliphatic heterocycles. The SMILES string of the molecule is Cc1ccccc1OCCN1C[C@H]2CNC[C@H]2C1. The molecular formula is C15H22N2O. The van der Waals surface area contributed by atoms with Gasteiger partial charge in [-0.2, -0.15) is 0 Å². The molecule has 0 radical (unpaired) electrons. The number of fused-ring (bicyclic) bond motifs is 1. The van der Waals surface area contributed by atoms with Crippen LogP contribution in [0.5, 0.6) is 5.75 Å². The molecule has 0 aliphatic carbocycles. The normalized spacial score (nSPS) is 27.4. The summed E-state index contributed by atoms with van der Waals surface area (Å²) in [6.07, 6.45) is 0. The van der Waals surface area contributed by atoms with Gasteiger partial charge in [-0.3, -0.25) is 4.90 Å². The molecule has 0 unspecified atom stereocenters. The standard InChI is InChI=1S/C15H22N2O/c1-12-4-2-3-5-15(12)18-7-6-17-10-13-8-16-9-14(13)11-17/h2-5,13-14,16H,6-11H2,1H3/t13-,14+. The number of ether oxygens (including phenoxy) is 1. The van der Waals surface area contributed by atoms with E-state index in [1.54, 1.807) is 0 Å². The molecule has 0 aromatic heterocycles. The zero-order chi connectivity index (χ0) is 12.4. The van der Waals surface area contributed by atoms with Crippen LogP contribution in [-0.4, -0.2) is 44.2 Å². The molecule has 2 saturated heterocycles. The number of benzene rings is 1. The van der Waals surface area contributed by atoms with Gasteiger partial charge in [-0.15, -0.1) is 0 Å². The van der Waals surface area contributed by atoms with Crippen LogP contribution in [0.1, 0.15) is 5.56 Å². The zero-order valence-electron chi connectivity index (χ0n) is 11.1. The maximum atomic E-state index is 5.86. The first-order valence-electron chi connectivity index (χ1n) is 6.94. The molecule has 0 amide bonds. The van der Waals surface area contributed by atoms with Crippen LogP contribution in [0.25, 0.3) is 0 Å². The maximum Gasteiger partial charge on any atom is 0.122 e. The van der Waals surface area contributed by atoms with Crippen LogP contribution in [0.3, 0.4) is 0 Å². The van der Waals surface area contributed by atoms with Gasteiger partial charge >= 0.3 is 0 Å². The summed E-state index contributed by atoms with van der Waals surface area (Å²) in [6.45, 7) is 8.86. The number of aryl methyl sites for hydroxylation is 1. The summed E-state index contributed by atoms with van der Waals surface area (Å²) >= 11 is 0. The summed E-state index contributed by atoms with van der Waals surface area (Å²) in [4.78, 5) is 2.55. The van der Waals surface area contributed by atoms with Crippen LogP contribution in [0.15, 0.2) is 24.3 Å². The van der Waals surface area contributed by atoms with Crippen molar-refractivity contribution in [2.24, 2.45) is 11.8 Å². The summed E-state index contributed by atoms with van der Waals surface area (Å²) < 4.78 is 5.86. The van der Waals surface area contributed by atoms with Gasteiger partial charge in [0.15, 0.2) is 0 Å². The molecule has 18 heavy (non-hydrogen) atoms. The highest BCUT2D eigenvalue weighted by molar-refractivity contribution is 5.31. The van der Waals surface area contributed by atoms with Crippen molar-refractivity contribution in [1.29, 1.82) is 0 Å². The monoisotopic (exact) mass is 246 g/mol. The fraction of sp³-hybridized carbons (Fsp3) is 0.600. The molecule has 2 fully saturated rings. The van der Waals surface area contributed by atoms with E-state index in [2.05, 4.69) is 35.3 Å². The lowest BCUT2D eigenvalue weighted by molar-refractivity contribution is 0.227. The quantitative estimate of drug-likeness (QED) is 0.872. The molecule has 2 heterocycles. The van der Waals surface area contributed by atoms with Crippen molar-refractivity contribution in [3.05, 3.63) is 29.8 Å². The van der Waals surface area contributed by atoms with Crippen LogP contribution in [0, 0.1) is 18.8 Å². The van der Waals surface area contributed by atoms with Crippen LogP contribution >= 0.6 is 0 Å². The largest absolute Gasteiger partial charge is 0.492 e. The number of nitrogens with zero attached hydrogens (tertiary/aromatic N) is 1. The van der Waals surface area contributed by atoms with Gasteiger partial charge in [-0.25, -0.2) is 0 Å². The Hall–Kier alpha value is -1.06. The summed E-state index contributed by atoms with van der Waals surface area (Å²) in [7, 11) is 0. The average Bonchev–Trinajstić information content (AvgIpc) is 2.92. The summed E-state index contributed by atoms with van der Waals surface area (Å²) in [5.74, 6) is 2.78. The van der Waals surface area contributed by atoms with Gasteiger partial charge < -0.3 is 10.1 Å². The second kappa shape index (κ2) is 5.29. The smallest absolute Gasteiger partial charge is 0.122 e. The number of likely N-dealkylation sites (tertiary alicyclic amines) is 1. The molecule has 3 rings (SSSR count). The molecular weight excluding hydrogens is 224 g/mol. The Labute approximate surface area is 109 Å². The topological polar surface area (TPSA) is 24.5 Å². The second-order valence-electron chi connectivity index (χ2n) is 5.55. The summed E-state index contributed by atoms with van der Waals surface area (Å²) in [5, 5.41) is 3.48. The summed E-state index contributed by atoms with van der Waals surface area (Å²) in [5.41, 5.74) is 1.22. The van der Waals surface area contributed by atoms with E-state index in [1.807, 2.05) is 6.07 Å². The lowest BCUT2D eigenvalue weighted by Gasteiger charge is -2.17. The Morgan fingerprint density at radius 1 is 1.22 bits per heavy atom. The Bertz CT molecular complexity index is 395. The van der Waals surface area contributed by atoms with Crippen molar-refractivity contribution in [3.63, 3.8) is 0 Å². The third kappa shape index (κ3) is 2.52. The lowest BCUT2D eigenvalue weighted by atomic mass is 10.0. The Balaban J connectivity index is 1.44. The Morgan fingerprint density at radius 3 is 2.67 bits per heavy atom. The zero-order valence-corrected chi connectivity index (χ0v) is 11.1. The highest BCUT2D eigenvalue weighted by Gasteiger charge is 2.35. The molecule has 0 bridgehead atoms. The highest BCUT2D eigenvalue weighted by Crippen LogP contribution is 2.26. The number of para-hydroxylation sites is 1. The molecule has 3 heteroatoms. The highest BCUT2D eigenvalue weighted by atomic mass is 16.5. The fourth-order valence-electron chi connectivity index (χ4n) is 3.14. The first kappa shape index (κ1) is 12.0. The predicted molar refractivity (Wildman–Crippen MR) is 73.0 cm³/mol. The first-order chi connectivity index (χ1) is 8.83. The van der Waals surface area contributed by atoms with Gasteiger partial charge in [0.25, 0.3) is 0 Å². The maximum absolute atomic E-state index is 5.86. The minimum Gasteiger partial charge on any atom is -0.492 e. The van der Waals surface area contributed by atoms with Crippen molar-refractivity contribution in [2.75, 3.05) is 39.3 Å². The van der Waals surface area contributed by atoms with Crippen LogP contribution < -0.4 is 10.1 Å². The van der Waals surface area contributed by atoms with Gasteiger partial charge in [-0.1, -0.05) is 18.2 Å². The molecule has 2 aliphatic rings. The molecule has 1 aromatic carbocycles. The molecule has 2 atom stereocenters. The van der Waals surface area contributed by atoms with Crippen molar-refractivity contribution < 1.29 is 4.74 Å². The number of hydrogen-bond donors (Lipinski definition) is 1. The van der Waals surface area contributed by atoms with E-state index in [4.69, 9.17) is 4.74 Å². The molecule has 0 saturated carbocycles. The van der Waals surface area contributed by atoms with E-state index in [9.17, 15) is 0 Å². The van der Waals surface area contributed by atoms with Gasteiger partial charge in [0.2, 0.25) is 0 Å². The fourth-order valence-corrected chi connectivity index (χ4v) is 3.14. The Morgan fingerprint density at radius 2 is 1.94 bits per heavy atom. The third-order valence-corrected chi connectivity index (χ3v) is 4.22. The van der Waals surface area contributed by atoms with Crippen molar-refractivity contribution in [3.8, 4) is 5.75 Å². The van der Waals surface area contributed by atoms with Gasteiger partial charge in [0, 0.05) is 19.6 Å². The summed E-state index contributed by atoms with van der Waals surface area (Å²) in [6, 6.07) is 8.24. The minimum atomic E-state index is 0.803. The van der Waals surface area contributed by atoms with Crippen LogP contribution in [0.4, 0.5) is 0 Å². The molecule has 98 valence electrons. The number of hydrogen-bond acceptors (Lipinski definition) is 3. The van der Waals surface area contributed by atoms with Crippen LogP contribution in [0.2, 0.25) is 0 Å². The number of rotatable bonds is 4. The van der Waals surface area contributed by atoms with Gasteiger partial charge in [0.05, 0.1) is 0 Å². The van der Waals surface area contributed by atoms with E-state index < -0.39 is 0 Å². The van der Waals surface area contributed by atoms with E-state index in [0.717, 1.165) is 30.7 Å². The van der Waals surface area contributed by atoms with Crippen molar-refractivity contribution >= 4 is 0 Å². The lowest BCUT2D eigenvalue weighted by Crippen LogP contribution is -2.29. The molecule has 3 nitrogen and oxygen atoms in total. The van der Waals surface area contributed by atoms with E-state index in [0.29, 0.717) is 0 Å². The second-order valence-corrected chi connectivity index (χ2v) is 5.55. The molecule has 0 spiro atoms. The minimum absolute atomic E-state index is 0.803. The molecule has 1 aromatic rings. The third-order valence-electron chi connectivity index (χ3n) is 4.22. The van der Waals surface area contributed by atoms with Crippen molar-refractivity contribution in [1.82, 2.24) is 10.2 Å². The van der Waals surface area contributed by atoms with E-state index in [-0.39, 0.29) is 0 Å². The van der Waals surface area contributed by atoms with E-state index in [1.165, 1.54) is 31.7 Å². The average molecular weight is 246 g/mol. The van der Waals surface area contributed by atoms with Gasteiger partial charge in [0.1, 0.15) is 12.4 Å². The van der Waals surface area contributed by atoms with Gasteiger partial charge in [-0.05, 0) is 43.5 Å². The number of nitrogens with one attached hydrogen (secondary N) is 1. The predicted octanol–water partition coefficient (Wildman–Crippen LogP) is 1.53. The van der Waals surface area contributed by atoms with E-state index >= 15 is 0 Å². The first-order valence-corrected chi connectivity index (χ1v) is 6.94. The van der Waals surface area contributed by atoms with Crippen molar-refractivity contribution in [2.45, 2.75) is 6.92 Å². The molecule has 1 N–H and O–H groups in total. The van der Waals surface area contributed by atoms with Crippen LogP contribution in [-0.2, 0) is 0 Å².